The lowest BCUT2D eigenvalue weighted by Gasteiger charge is -2.11. The van der Waals surface area contributed by atoms with Crippen molar-refractivity contribution in [2.45, 2.75) is 13.8 Å². The van der Waals surface area contributed by atoms with Gasteiger partial charge in [0.1, 0.15) is 25.2 Å². The first-order valence-corrected chi connectivity index (χ1v) is 7.02. The normalized spacial score (nSPS) is 10.1. The van der Waals surface area contributed by atoms with Crippen molar-refractivity contribution in [1.29, 1.82) is 0 Å². The second-order valence-electron chi connectivity index (χ2n) is 4.91. The van der Waals surface area contributed by atoms with E-state index in [1.54, 1.807) is 6.07 Å². The van der Waals surface area contributed by atoms with Gasteiger partial charge in [-0.2, -0.15) is 0 Å². The van der Waals surface area contributed by atoms with Crippen LogP contribution in [0.3, 0.4) is 0 Å². The number of carbonyl (C=O) groups is 2. The minimum Gasteiger partial charge on any atom is -0.490 e. The van der Waals surface area contributed by atoms with Gasteiger partial charge in [-0.25, -0.2) is 0 Å². The fraction of sp³-hybridized carbons (Fsp3) is 0.222. The number of benzene rings is 2. The summed E-state index contributed by atoms with van der Waals surface area (Å²) in [5.41, 5.74) is 3.75. The van der Waals surface area contributed by atoms with E-state index in [9.17, 15) is 9.59 Å². The molecule has 0 fully saturated rings. The third-order valence-electron chi connectivity index (χ3n) is 3.19. The van der Waals surface area contributed by atoms with E-state index in [1.807, 2.05) is 43.3 Å². The zero-order valence-electron chi connectivity index (χ0n) is 12.7. The van der Waals surface area contributed by atoms with Crippen molar-refractivity contribution < 1.29 is 19.1 Å². The molecule has 0 unspecified atom stereocenters. The van der Waals surface area contributed by atoms with Crippen molar-refractivity contribution >= 4 is 12.3 Å². The second-order valence-corrected chi connectivity index (χ2v) is 4.91. The zero-order valence-corrected chi connectivity index (χ0v) is 12.7. The van der Waals surface area contributed by atoms with E-state index in [2.05, 4.69) is 0 Å². The lowest BCUT2D eigenvalue weighted by Crippen LogP contribution is -2.09. The van der Waals surface area contributed by atoms with E-state index in [0.717, 1.165) is 28.7 Å². The standard InChI is InChI=1S/C18H18O4/c1-13-10-17(22-9-8-21-14(2)20)6-7-18(13)16-5-3-4-15(11-16)12-19/h3-7,10-12H,8-9H2,1-2H3. The summed E-state index contributed by atoms with van der Waals surface area (Å²) in [6.07, 6.45) is 0.839. The van der Waals surface area contributed by atoms with E-state index in [4.69, 9.17) is 9.47 Å². The molecule has 0 N–H and O–H groups in total. The van der Waals surface area contributed by atoms with Crippen LogP contribution in [-0.4, -0.2) is 25.5 Å². The Labute approximate surface area is 129 Å². The molecule has 0 aromatic heterocycles. The number of esters is 1. The molecule has 0 heterocycles. The number of carbonyl (C=O) groups excluding carboxylic acids is 2. The molecule has 0 radical (unpaired) electrons. The van der Waals surface area contributed by atoms with E-state index in [0.29, 0.717) is 12.2 Å². The molecule has 0 bridgehead atoms. The molecular formula is C18H18O4. The maximum absolute atomic E-state index is 10.9. The Bertz CT molecular complexity index is 677. The van der Waals surface area contributed by atoms with Crippen molar-refractivity contribution in [2.75, 3.05) is 13.2 Å². The van der Waals surface area contributed by atoms with Crippen LogP contribution in [0.25, 0.3) is 11.1 Å². The molecule has 0 aliphatic carbocycles. The lowest BCUT2D eigenvalue weighted by atomic mass is 9.99. The average molecular weight is 298 g/mol. The van der Waals surface area contributed by atoms with Gasteiger partial charge in [-0.15, -0.1) is 0 Å². The maximum atomic E-state index is 10.9. The highest BCUT2D eigenvalue weighted by Gasteiger charge is 2.05. The first kappa shape index (κ1) is 15.8. The summed E-state index contributed by atoms with van der Waals surface area (Å²) >= 11 is 0. The first-order chi connectivity index (χ1) is 10.6. The fourth-order valence-electron chi connectivity index (χ4n) is 2.17. The van der Waals surface area contributed by atoms with E-state index in [-0.39, 0.29) is 12.6 Å². The molecule has 2 rings (SSSR count). The maximum Gasteiger partial charge on any atom is 0.302 e. The van der Waals surface area contributed by atoms with Crippen LogP contribution in [-0.2, 0) is 9.53 Å². The molecule has 22 heavy (non-hydrogen) atoms. The van der Waals surface area contributed by atoms with Crippen LogP contribution in [0.4, 0.5) is 0 Å². The van der Waals surface area contributed by atoms with Crippen molar-refractivity contribution in [1.82, 2.24) is 0 Å². The predicted molar refractivity (Wildman–Crippen MR) is 84.1 cm³/mol. The summed E-state index contributed by atoms with van der Waals surface area (Å²) in [7, 11) is 0. The Morgan fingerprint density at radius 3 is 2.64 bits per heavy atom. The number of hydrogen-bond donors (Lipinski definition) is 0. The molecule has 2 aromatic rings. The molecule has 2 aromatic carbocycles. The zero-order chi connectivity index (χ0) is 15.9. The highest BCUT2D eigenvalue weighted by atomic mass is 16.6. The third-order valence-corrected chi connectivity index (χ3v) is 3.19. The summed E-state index contributed by atoms with van der Waals surface area (Å²) in [6.45, 7) is 3.91. The van der Waals surface area contributed by atoms with Gasteiger partial charge in [0.2, 0.25) is 0 Å². The summed E-state index contributed by atoms with van der Waals surface area (Å²) in [5.74, 6) is 0.408. The largest absolute Gasteiger partial charge is 0.490 e. The Morgan fingerprint density at radius 1 is 1.14 bits per heavy atom. The fourth-order valence-corrected chi connectivity index (χ4v) is 2.17. The molecule has 0 saturated heterocycles. The van der Waals surface area contributed by atoms with Crippen molar-refractivity contribution in [3.63, 3.8) is 0 Å². The van der Waals surface area contributed by atoms with Crippen molar-refractivity contribution in [2.24, 2.45) is 0 Å². The molecule has 0 amide bonds. The van der Waals surface area contributed by atoms with Gasteiger partial charge >= 0.3 is 5.97 Å². The Balaban J connectivity index is 2.09. The smallest absolute Gasteiger partial charge is 0.302 e. The summed E-state index contributed by atoms with van der Waals surface area (Å²) < 4.78 is 10.4. The minimum absolute atomic E-state index is 0.234. The highest BCUT2D eigenvalue weighted by Crippen LogP contribution is 2.27. The van der Waals surface area contributed by atoms with Gasteiger partial charge in [0, 0.05) is 12.5 Å². The van der Waals surface area contributed by atoms with Gasteiger partial charge in [0.15, 0.2) is 0 Å². The number of hydrogen-bond acceptors (Lipinski definition) is 4. The molecule has 0 aliphatic rings. The first-order valence-electron chi connectivity index (χ1n) is 7.02. The number of ether oxygens (including phenoxy) is 2. The summed E-state index contributed by atoms with van der Waals surface area (Å²) in [5, 5.41) is 0. The summed E-state index contributed by atoms with van der Waals surface area (Å²) in [4.78, 5) is 21.5. The van der Waals surface area contributed by atoms with Crippen molar-refractivity contribution in [3.05, 3.63) is 53.6 Å². The van der Waals surface area contributed by atoms with Gasteiger partial charge in [0.05, 0.1) is 0 Å². The molecule has 0 spiro atoms. The van der Waals surface area contributed by atoms with Crippen molar-refractivity contribution in [3.8, 4) is 16.9 Å². The summed E-state index contributed by atoms with van der Waals surface area (Å²) in [6, 6.07) is 13.2. The second kappa shape index (κ2) is 7.41. The SMILES string of the molecule is CC(=O)OCCOc1ccc(-c2cccc(C=O)c2)c(C)c1. The van der Waals surface area contributed by atoms with Gasteiger partial charge in [0.25, 0.3) is 0 Å². The molecule has 0 saturated carbocycles. The third kappa shape index (κ3) is 4.19. The van der Waals surface area contributed by atoms with Gasteiger partial charge in [-0.05, 0) is 41.8 Å². The van der Waals surface area contributed by atoms with Crippen LogP contribution in [0, 0.1) is 6.92 Å². The van der Waals surface area contributed by atoms with Gasteiger partial charge in [-0.1, -0.05) is 24.3 Å². The topological polar surface area (TPSA) is 52.6 Å². The molecule has 4 heteroatoms. The van der Waals surface area contributed by atoms with E-state index in [1.165, 1.54) is 6.92 Å². The lowest BCUT2D eigenvalue weighted by molar-refractivity contribution is -0.141. The number of aryl methyl sites for hydroxylation is 1. The van der Waals surface area contributed by atoms with Crippen LogP contribution >= 0.6 is 0 Å². The molecule has 114 valence electrons. The van der Waals surface area contributed by atoms with Gasteiger partial charge < -0.3 is 9.47 Å². The Hall–Kier alpha value is -2.62. The van der Waals surface area contributed by atoms with Crippen LogP contribution in [0.15, 0.2) is 42.5 Å². The molecule has 0 aliphatic heterocycles. The van der Waals surface area contributed by atoms with Crippen LogP contribution < -0.4 is 4.74 Å². The number of rotatable bonds is 6. The molecular weight excluding hydrogens is 280 g/mol. The minimum atomic E-state index is -0.315. The molecule has 4 nitrogen and oxygen atoms in total. The average Bonchev–Trinajstić information content (AvgIpc) is 2.51. The number of aldehydes is 1. The van der Waals surface area contributed by atoms with Gasteiger partial charge in [-0.3, -0.25) is 9.59 Å². The highest BCUT2D eigenvalue weighted by molar-refractivity contribution is 5.79. The van der Waals surface area contributed by atoms with Crippen LogP contribution in [0.5, 0.6) is 5.75 Å². The van der Waals surface area contributed by atoms with Crippen LogP contribution in [0.1, 0.15) is 22.8 Å². The van der Waals surface area contributed by atoms with Crippen LogP contribution in [0.2, 0.25) is 0 Å². The Kier molecular flexibility index (Phi) is 5.31. The quantitative estimate of drug-likeness (QED) is 0.466. The monoisotopic (exact) mass is 298 g/mol. The van der Waals surface area contributed by atoms with E-state index >= 15 is 0 Å². The Morgan fingerprint density at radius 2 is 1.95 bits per heavy atom. The molecule has 0 atom stereocenters. The predicted octanol–water partition coefficient (Wildman–Crippen LogP) is 3.42. The van der Waals surface area contributed by atoms with E-state index < -0.39 is 0 Å².